The fourth-order valence-corrected chi connectivity index (χ4v) is 3.26. The summed E-state index contributed by atoms with van der Waals surface area (Å²) in [6, 6.07) is 8.55. The van der Waals surface area contributed by atoms with E-state index in [-0.39, 0.29) is 5.70 Å². The van der Waals surface area contributed by atoms with Crippen LogP contribution in [0.1, 0.15) is 5.56 Å². The van der Waals surface area contributed by atoms with E-state index in [0.29, 0.717) is 22.6 Å². The van der Waals surface area contributed by atoms with E-state index in [0.717, 1.165) is 10.9 Å². The van der Waals surface area contributed by atoms with Gasteiger partial charge in [0.15, 0.2) is 0 Å². The number of nitrogens with one attached hydrogen (secondary N) is 1. The second-order valence-electron chi connectivity index (χ2n) is 6.57. The van der Waals surface area contributed by atoms with Gasteiger partial charge in [-0.15, -0.1) is 0 Å². The van der Waals surface area contributed by atoms with Crippen LogP contribution in [0.2, 0.25) is 0 Å². The van der Waals surface area contributed by atoms with Gasteiger partial charge in [0.25, 0.3) is 0 Å². The zero-order chi connectivity index (χ0) is 19.8. The van der Waals surface area contributed by atoms with Crippen LogP contribution < -0.4 is 10.9 Å². The van der Waals surface area contributed by atoms with Crippen molar-refractivity contribution < 1.29 is 28.9 Å². The molecule has 3 atom stereocenters. The normalized spacial score (nSPS) is 22.0. The van der Waals surface area contributed by atoms with Crippen LogP contribution in [0, 0.1) is 6.92 Å². The van der Waals surface area contributed by atoms with Gasteiger partial charge < -0.3 is 34.2 Å². The Balaban J connectivity index is 1.69. The Kier molecular flexibility index (Phi) is 4.68. The highest BCUT2D eigenvalue weighted by molar-refractivity contribution is 5.88. The summed E-state index contributed by atoms with van der Waals surface area (Å²) in [4.78, 5) is 12.4. The minimum absolute atomic E-state index is 0.225. The number of rotatable bonds is 4. The molecule has 1 aliphatic heterocycles. The largest absolute Gasteiger partial charge is 0.491 e. The van der Waals surface area contributed by atoms with Crippen molar-refractivity contribution in [2.24, 2.45) is 0 Å². The van der Waals surface area contributed by atoms with Crippen LogP contribution >= 0.6 is 0 Å². The van der Waals surface area contributed by atoms with Crippen molar-refractivity contribution in [1.29, 1.82) is 0 Å². The van der Waals surface area contributed by atoms with E-state index in [2.05, 4.69) is 5.32 Å². The Labute approximate surface area is 159 Å². The lowest BCUT2D eigenvalue weighted by atomic mass is 10.0. The first-order chi connectivity index (χ1) is 13.5. The molecule has 8 nitrogen and oxygen atoms in total. The molecule has 1 aliphatic rings. The monoisotopic (exact) mass is 385 g/mol. The molecule has 0 radical (unpaired) electrons. The molecule has 8 heteroatoms. The summed E-state index contributed by atoms with van der Waals surface area (Å²) in [5, 5.41) is 33.0. The zero-order valence-electron chi connectivity index (χ0n) is 15.0. The molecule has 4 rings (SSSR count). The van der Waals surface area contributed by atoms with Crippen LogP contribution in [0.25, 0.3) is 22.3 Å². The van der Waals surface area contributed by atoms with Crippen LogP contribution in [0.3, 0.4) is 0 Å². The summed E-state index contributed by atoms with van der Waals surface area (Å²) in [6.45, 7) is 1.40. The van der Waals surface area contributed by atoms with E-state index in [1.165, 1.54) is 12.5 Å². The number of anilines is 1. The maximum absolute atomic E-state index is 12.4. The molecule has 2 aromatic heterocycles. The highest BCUT2D eigenvalue weighted by atomic mass is 16.5. The Morgan fingerprint density at radius 2 is 2.04 bits per heavy atom. The number of ether oxygens (including phenoxy) is 1. The molecule has 0 fully saturated rings. The highest BCUT2D eigenvalue weighted by Gasteiger charge is 2.33. The van der Waals surface area contributed by atoms with Gasteiger partial charge in [-0.3, -0.25) is 0 Å². The fraction of sp³-hybridized carbons (Fsp3) is 0.250. The number of hydrogen-bond donors (Lipinski definition) is 4. The molecule has 0 amide bonds. The lowest BCUT2D eigenvalue weighted by Crippen LogP contribution is -2.46. The molecule has 0 aliphatic carbocycles. The molecule has 146 valence electrons. The van der Waals surface area contributed by atoms with Crippen molar-refractivity contribution in [3.05, 3.63) is 64.5 Å². The molecule has 0 spiro atoms. The van der Waals surface area contributed by atoms with Crippen molar-refractivity contribution in [2.45, 2.75) is 25.2 Å². The molecule has 3 heterocycles. The van der Waals surface area contributed by atoms with Crippen molar-refractivity contribution in [1.82, 2.24) is 0 Å². The first kappa shape index (κ1) is 18.3. The lowest BCUT2D eigenvalue weighted by Gasteiger charge is -2.31. The molecule has 2 unspecified atom stereocenters. The first-order valence-electron chi connectivity index (χ1n) is 8.70. The van der Waals surface area contributed by atoms with E-state index in [1.807, 2.05) is 6.92 Å². The van der Waals surface area contributed by atoms with Crippen molar-refractivity contribution in [3.8, 4) is 11.3 Å². The van der Waals surface area contributed by atoms with Crippen molar-refractivity contribution in [3.63, 3.8) is 0 Å². The Hall–Kier alpha value is -3.07. The number of fused-ring (bicyclic) bond motifs is 1. The van der Waals surface area contributed by atoms with Crippen LogP contribution in [0.4, 0.5) is 5.69 Å². The molecule has 4 N–H and O–H groups in total. The molecule has 0 saturated carbocycles. The van der Waals surface area contributed by atoms with Gasteiger partial charge in [-0.1, -0.05) is 0 Å². The summed E-state index contributed by atoms with van der Waals surface area (Å²) < 4.78 is 16.0. The molecule has 0 saturated heterocycles. The maximum atomic E-state index is 12.4. The van der Waals surface area contributed by atoms with E-state index < -0.39 is 30.5 Å². The fourth-order valence-electron chi connectivity index (χ4n) is 3.26. The first-order valence-corrected chi connectivity index (χ1v) is 8.70. The molecular formula is C20H19NO7. The van der Waals surface area contributed by atoms with Crippen LogP contribution in [-0.4, -0.2) is 40.2 Å². The number of aryl methyl sites for hydroxylation is 1. The Morgan fingerprint density at radius 3 is 2.75 bits per heavy atom. The maximum Gasteiger partial charge on any atom is 0.347 e. The summed E-state index contributed by atoms with van der Waals surface area (Å²) in [5.41, 5.74) is 1.71. The lowest BCUT2D eigenvalue weighted by molar-refractivity contribution is -0.0856. The standard InChI is InChI=1S/C20H19NO7/c1-10-12-5-4-11(21-13-9-27-16(8-22)19(24)18(13)23)7-15(12)28-20(25)17(10)14-3-2-6-26-14/h2-7,9,16,18-19,21-24H,8H2,1H3/t16?,18?,19-/m1/s1. The van der Waals surface area contributed by atoms with Crippen molar-refractivity contribution in [2.75, 3.05) is 11.9 Å². The van der Waals surface area contributed by atoms with Gasteiger partial charge in [0, 0.05) is 17.1 Å². The van der Waals surface area contributed by atoms with Gasteiger partial charge in [-0.2, -0.15) is 0 Å². The summed E-state index contributed by atoms with van der Waals surface area (Å²) in [7, 11) is 0. The number of benzene rings is 1. The summed E-state index contributed by atoms with van der Waals surface area (Å²) >= 11 is 0. The predicted octanol–water partition coefficient (Wildman–Crippen LogP) is 1.73. The van der Waals surface area contributed by atoms with E-state index in [9.17, 15) is 15.0 Å². The van der Waals surface area contributed by atoms with Gasteiger partial charge in [0.1, 0.15) is 41.5 Å². The number of hydrogen-bond acceptors (Lipinski definition) is 8. The van der Waals surface area contributed by atoms with E-state index in [1.54, 1.807) is 30.3 Å². The van der Waals surface area contributed by atoms with Crippen LogP contribution in [-0.2, 0) is 4.74 Å². The summed E-state index contributed by atoms with van der Waals surface area (Å²) in [6.07, 6.45) is -0.667. The van der Waals surface area contributed by atoms with Gasteiger partial charge in [-0.05, 0) is 36.8 Å². The second kappa shape index (κ2) is 7.16. The van der Waals surface area contributed by atoms with Gasteiger partial charge in [0.2, 0.25) is 0 Å². The summed E-state index contributed by atoms with van der Waals surface area (Å²) in [5.74, 6) is 0.440. The molecule has 0 bridgehead atoms. The third kappa shape index (κ3) is 3.07. The van der Waals surface area contributed by atoms with E-state index in [4.69, 9.17) is 18.7 Å². The van der Waals surface area contributed by atoms with Crippen LogP contribution in [0.5, 0.6) is 0 Å². The smallest absolute Gasteiger partial charge is 0.347 e. The van der Waals surface area contributed by atoms with Gasteiger partial charge in [0.05, 0.1) is 18.6 Å². The third-order valence-corrected chi connectivity index (χ3v) is 4.80. The van der Waals surface area contributed by atoms with Crippen LogP contribution in [0.15, 0.2) is 62.2 Å². The SMILES string of the molecule is Cc1c(-c2ccco2)c(=O)oc2cc(NC3=COC(CO)[C@@H](O)C3O)ccc12. The minimum atomic E-state index is -1.27. The molecule has 3 aromatic rings. The van der Waals surface area contributed by atoms with Crippen molar-refractivity contribution >= 4 is 16.7 Å². The Bertz CT molecular complexity index is 1080. The Morgan fingerprint density at radius 1 is 1.21 bits per heavy atom. The minimum Gasteiger partial charge on any atom is -0.491 e. The molecule has 1 aromatic carbocycles. The number of furan rings is 1. The van der Waals surface area contributed by atoms with Gasteiger partial charge >= 0.3 is 5.63 Å². The topological polar surface area (TPSA) is 125 Å². The third-order valence-electron chi connectivity index (χ3n) is 4.80. The van der Waals surface area contributed by atoms with E-state index >= 15 is 0 Å². The average molecular weight is 385 g/mol. The highest BCUT2D eigenvalue weighted by Crippen LogP contribution is 2.29. The molecule has 28 heavy (non-hydrogen) atoms. The van der Waals surface area contributed by atoms with Gasteiger partial charge in [-0.25, -0.2) is 4.79 Å². The molecular weight excluding hydrogens is 366 g/mol. The second-order valence-corrected chi connectivity index (χ2v) is 6.57. The quantitative estimate of drug-likeness (QED) is 0.501. The number of aliphatic hydroxyl groups excluding tert-OH is 3. The average Bonchev–Trinajstić information content (AvgIpc) is 3.20. The number of aliphatic hydroxyl groups is 3. The zero-order valence-corrected chi connectivity index (χ0v) is 15.0. The predicted molar refractivity (Wildman–Crippen MR) is 101 cm³/mol.